The second-order valence-corrected chi connectivity index (χ2v) is 6.99. The summed E-state index contributed by atoms with van der Waals surface area (Å²) in [5.74, 6) is 1.09. The number of aromatic nitrogens is 3. The summed E-state index contributed by atoms with van der Waals surface area (Å²) >= 11 is 0. The van der Waals surface area contributed by atoms with Crippen LogP contribution in [0.5, 0.6) is 0 Å². The van der Waals surface area contributed by atoms with Gasteiger partial charge in [0, 0.05) is 38.6 Å². The molecule has 2 aromatic heterocycles. The van der Waals surface area contributed by atoms with E-state index in [0.717, 1.165) is 18.5 Å². The number of carbonyl (C=O) groups excluding carboxylic acids is 2. The minimum absolute atomic E-state index is 0.0379. The number of nitrogens with zero attached hydrogens (tertiary/aromatic N) is 5. The average molecular weight is 370 g/mol. The van der Waals surface area contributed by atoms with E-state index in [1.807, 2.05) is 13.0 Å². The van der Waals surface area contributed by atoms with Gasteiger partial charge in [-0.05, 0) is 31.9 Å². The number of amides is 3. The Labute approximate surface area is 156 Å². The molecule has 9 nitrogen and oxygen atoms in total. The van der Waals surface area contributed by atoms with Crippen molar-refractivity contribution in [3.8, 4) is 0 Å². The van der Waals surface area contributed by atoms with Crippen LogP contribution < -0.4 is 5.32 Å². The molecule has 2 fully saturated rings. The van der Waals surface area contributed by atoms with E-state index >= 15 is 0 Å². The Morgan fingerprint density at radius 1 is 1.30 bits per heavy atom. The van der Waals surface area contributed by atoms with E-state index in [2.05, 4.69) is 20.4 Å². The minimum Gasteiger partial charge on any atom is -0.341 e. The van der Waals surface area contributed by atoms with Crippen LogP contribution in [0.2, 0.25) is 0 Å². The van der Waals surface area contributed by atoms with Crippen LogP contribution in [0.1, 0.15) is 52.6 Å². The van der Waals surface area contributed by atoms with Gasteiger partial charge in [0.1, 0.15) is 6.04 Å². The highest BCUT2D eigenvalue weighted by atomic mass is 16.5. The van der Waals surface area contributed by atoms with Gasteiger partial charge in [-0.3, -0.25) is 9.78 Å². The number of hydrogen-bond acceptors (Lipinski definition) is 6. The molecule has 2 aromatic rings. The lowest BCUT2D eigenvalue weighted by Gasteiger charge is -2.37. The number of rotatable bonds is 3. The third-order valence-electron chi connectivity index (χ3n) is 5.16. The lowest BCUT2D eigenvalue weighted by molar-refractivity contribution is 0.0592. The highest BCUT2D eigenvalue weighted by molar-refractivity contribution is 5.94. The van der Waals surface area contributed by atoms with Gasteiger partial charge in [-0.15, -0.1) is 0 Å². The molecule has 4 rings (SSSR count). The topological polar surface area (TPSA) is 104 Å². The molecule has 1 N–H and O–H groups in total. The predicted octanol–water partition coefficient (Wildman–Crippen LogP) is 1.49. The van der Waals surface area contributed by atoms with Gasteiger partial charge in [0.05, 0.1) is 11.5 Å². The van der Waals surface area contributed by atoms with Crippen LogP contribution in [0.15, 0.2) is 22.9 Å². The summed E-state index contributed by atoms with van der Waals surface area (Å²) in [6, 6.07) is 3.31. The van der Waals surface area contributed by atoms with E-state index in [1.54, 1.807) is 29.1 Å². The summed E-state index contributed by atoms with van der Waals surface area (Å²) in [4.78, 5) is 36.6. The number of urea groups is 1. The Morgan fingerprint density at radius 3 is 2.81 bits per heavy atom. The van der Waals surface area contributed by atoms with Gasteiger partial charge < -0.3 is 19.6 Å². The van der Waals surface area contributed by atoms with Crippen molar-refractivity contribution in [1.82, 2.24) is 30.2 Å². The third-order valence-corrected chi connectivity index (χ3v) is 5.16. The summed E-state index contributed by atoms with van der Waals surface area (Å²) < 4.78 is 5.43. The summed E-state index contributed by atoms with van der Waals surface area (Å²) in [5.41, 5.74) is 1.46. The van der Waals surface area contributed by atoms with Crippen molar-refractivity contribution in [3.05, 3.63) is 41.3 Å². The molecule has 0 spiro atoms. The molecule has 1 unspecified atom stereocenters. The molecule has 27 heavy (non-hydrogen) atoms. The Balaban J connectivity index is 1.38. The van der Waals surface area contributed by atoms with E-state index in [1.165, 1.54) is 0 Å². The van der Waals surface area contributed by atoms with Crippen LogP contribution in [0.4, 0.5) is 4.79 Å². The molecule has 0 radical (unpaired) electrons. The quantitative estimate of drug-likeness (QED) is 0.878. The normalized spacial score (nSPS) is 19.9. The fourth-order valence-electron chi connectivity index (χ4n) is 3.54. The SMILES string of the molecule is CNC(=O)N1CCCC1c1nc(C2CN(C(=O)c3ccc(C)nc3)C2)no1. The summed E-state index contributed by atoms with van der Waals surface area (Å²) in [6.45, 7) is 3.67. The molecule has 142 valence electrons. The number of pyridine rings is 1. The Morgan fingerprint density at radius 2 is 2.11 bits per heavy atom. The zero-order chi connectivity index (χ0) is 19.0. The molecular formula is C18H22N6O3. The number of nitrogens with one attached hydrogen (secondary N) is 1. The molecule has 2 saturated heterocycles. The largest absolute Gasteiger partial charge is 0.341 e. The second-order valence-electron chi connectivity index (χ2n) is 6.99. The maximum absolute atomic E-state index is 12.5. The average Bonchev–Trinajstić information content (AvgIpc) is 3.29. The Hall–Kier alpha value is -2.97. The molecule has 9 heteroatoms. The Bertz CT molecular complexity index is 843. The molecule has 2 aliphatic heterocycles. The first kappa shape index (κ1) is 17.4. The number of likely N-dealkylation sites (tertiary alicyclic amines) is 2. The zero-order valence-corrected chi connectivity index (χ0v) is 15.4. The van der Waals surface area contributed by atoms with E-state index in [-0.39, 0.29) is 23.9 Å². The number of aryl methyl sites for hydroxylation is 1. The first-order chi connectivity index (χ1) is 13.1. The van der Waals surface area contributed by atoms with Crippen molar-refractivity contribution < 1.29 is 14.1 Å². The van der Waals surface area contributed by atoms with Crippen LogP contribution in [0, 0.1) is 6.92 Å². The summed E-state index contributed by atoms with van der Waals surface area (Å²) in [6.07, 6.45) is 3.32. The molecule has 0 bridgehead atoms. The molecule has 2 aliphatic rings. The molecule has 0 aromatic carbocycles. The van der Waals surface area contributed by atoms with Crippen molar-refractivity contribution in [2.45, 2.75) is 31.7 Å². The van der Waals surface area contributed by atoms with Crippen molar-refractivity contribution in [2.75, 3.05) is 26.7 Å². The van der Waals surface area contributed by atoms with Crippen molar-refractivity contribution in [3.63, 3.8) is 0 Å². The van der Waals surface area contributed by atoms with Crippen LogP contribution in [-0.2, 0) is 0 Å². The smallest absolute Gasteiger partial charge is 0.317 e. The number of carbonyl (C=O) groups is 2. The van der Waals surface area contributed by atoms with Crippen LogP contribution in [0.25, 0.3) is 0 Å². The zero-order valence-electron chi connectivity index (χ0n) is 15.4. The maximum atomic E-state index is 12.5. The fourth-order valence-corrected chi connectivity index (χ4v) is 3.54. The maximum Gasteiger partial charge on any atom is 0.317 e. The minimum atomic E-state index is -0.178. The first-order valence-corrected chi connectivity index (χ1v) is 9.10. The summed E-state index contributed by atoms with van der Waals surface area (Å²) in [7, 11) is 1.61. The van der Waals surface area contributed by atoms with E-state index in [4.69, 9.17) is 4.52 Å². The molecular weight excluding hydrogens is 348 g/mol. The van der Waals surface area contributed by atoms with Gasteiger partial charge in [-0.2, -0.15) is 4.98 Å². The van der Waals surface area contributed by atoms with Gasteiger partial charge in [-0.1, -0.05) is 5.16 Å². The third kappa shape index (κ3) is 3.24. The lowest BCUT2D eigenvalue weighted by Crippen LogP contribution is -2.48. The highest BCUT2D eigenvalue weighted by Gasteiger charge is 2.38. The van der Waals surface area contributed by atoms with Gasteiger partial charge in [0.15, 0.2) is 5.82 Å². The van der Waals surface area contributed by atoms with Gasteiger partial charge in [0.2, 0.25) is 5.89 Å². The number of hydrogen-bond donors (Lipinski definition) is 1. The van der Waals surface area contributed by atoms with Gasteiger partial charge in [-0.25, -0.2) is 4.79 Å². The summed E-state index contributed by atoms with van der Waals surface area (Å²) in [5, 5.41) is 6.73. The van der Waals surface area contributed by atoms with E-state index < -0.39 is 0 Å². The second kappa shape index (κ2) is 6.98. The first-order valence-electron chi connectivity index (χ1n) is 9.10. The van der Waals surface area contributed by atoms with E-state index in [0.29, 0.717) is 36.9 Å². The molecule has 3 amide bonds. The van der Waals surface area contributed by atoms with E-state index in [9.17, 15) is 9.59 Å². The van der Waals surface area contributed by atoms with Gasteiger partial charge >= 0.3 is 6.03 Å². The molecule has 1 atom stereocenters. The monoisotopic (exact) mass is 370 g/mol. The van der Waals surface area contributed by atoms with Crippen LogP contribution in [0.3, 0.4) is 0 Å². The van der Waals surface area contributed by atoms with Crippen LogP contribution in [-0.4, -0.2) is 63.5 Å². The molecule has 0 aliphatic carbocycles. The van der Waals surface area contributed by atoms with Crippen molar-refractivity contribution in [2.24, 2.45) is 0 Å². The fraction of sp³-hybridized carbons (Fsp3) is 0.500. The van der Waals surface area contributed by atoms with Crippen molar-refractivity contribution in [1.29, 1.82) is 0 Å². The predicted molar refractivity (Wildman–Crippen MR) is 95.1 cm³/mol. The van der Waals surface area contributed by atoms with Crippen LogP contribution >= 0.6 is 0 Å². The Kier molecular flexibility index (Phi) is 4.51. The molecule has 0 saturated carbocycles. The van der Waals surface area contributed by atoms with Crippen molar-refractivity contribution >= 4 is 11.9 Å². The standard InChI is InChI=1S/C18H22N6O3/c1-11-5-6-12(8-20-11)17(25)23-9-13(10-23)15-21-16(27-22-15)14-4-3-7-24(14)18(26)19-2/h5-6,8,13-14H,3-4,7,9-10H2,1-2H3,(H,19,26). The lowest BCUT2D eigenvalue weighted by atomic mass is 9.98. The highest BCUT2D eigenvalue weighted by Crippen LogP contribution is 2.33. The molecule has 4 heterocycles. The van der Waals surface area contributed by atoms with Gasteiger partial charge in [0.25, 0.3) is 5.91 Å².